The van der Waals surface area contributed by atoms with Crippen molar-refractivity contribution >= 4 is 66.2 Å². The molecule has 1 fully saturated rings. The molecular formula is C43H61BN6O11. The van der Waals surface area contributed by atoms with Crippen LogP contribution in [0.15, 0.2) is 42.5 Å². The topological polar surface area (TPSA) is 269 Å². The van der Waals surface area contributed by atoms with E-state index in [1.807, 2.05) is 49.4 Å². The van der Waals surface area contributed by atoms with E-state index < -0.39 is 60.4 Å². The highest BCUT2D eigenvalue weighted by Crippen LogP contribution is 2.29. The number of carbonyl (C=O) groups excluding carboxylic acids is 5. The molecule has 2 aromatic rings. The van der Waals surface area contributed by atoms with Crippen molar-refractivity contribution in [2.24, 2.45) is 11.8 Å². The first-order valence-electron chi connectivity index (χ1n) is 21.3. The molecule has 4 unspecified atom stereocenters. The number of amides is 5. The number of unbranched alkanes of at least 4 members (excludes halogenated alkanes) is 3. The molecule has 0 aromatic heterocycles. The molecule has 4 atom stereocenters. The lowest BCUT2D eigenvalue weighted by atomic mass is 9.81. The van der Waals surface area contributed by atoms with Gasteiger partial charge in [-0.3, -0.25) is 24.0 Å². The summed E-state index contributed by atoms with van der Waals surface area (Å²) in [6, 6.07) is 8.23. The van der Waals surface area contributed by atoms with Gasteiger partial charge in [0.05, 0.1) is 6.04 Å². The van der Waals surface area contributed by atoms with Crippen LogP contribution in [0.2, 0.25) is 0 Å². The number of Topliss-reactive ketones (excluding diaryl/α,β-unsaturated/α-hetero) is 1. The maximum absolute atomic E-state index is 13.6. The lowest BCUT2D eigenvalue weighted by Crippen LogP contribution is -2.51. The van der Waals surface area contributed by atoms with Gasteiger partial charge in [-0.2, -0.15) is 0 Å². The van der Waals surface area contributed by atoms with E-state index in [2.05, 4.69) is 31.8 Å². The summed E-state index contributed by atoms with van der Waals surface area (Å²) in [5, 5.41) is 45.4. The predicted molar refractivity (Wildman–Crippen MR) is 227 cm³/mol. The first-order valence-corrected chi connectivity index (χ1v) is 21.3. The second-order valence-electron chi connectivity index (χ2n) is 15.7. The number of urea groups is 1. The lowest BCUT2D eigenvalue weighted by molar-refractivity contribution is -0.141. The number of nitrogens with one attached hydrogen (secondary N) is 6. The van der Waals surface area contributed by atoms with Crippen LogP contribution < -0.4 is 31.8 Å². The van der Waals surface area contributed by atoms with Crippen molar-refractivity contribution in [2.75, 3.05) is 13.1 Å². The summed E-state index contributed by atoms with van der Waals surface area (Å²) in [5.74, 6) is -4.81. The summed E-state index contributed by atoms with van der Waals surface area (Å²) < 4.78 is 0. The zero-order valence-corrected chi connectivity index (χ0v) is 34.9. The Hall–Kier alpha value is -5.52. The molecule has 0 aliphatic heterocycles. The fourth-order valence-corrected chi connectivity index (χ4v) is 7.36. The normalized spacial score (nSPS) is 16.9. The third kappa shape index (κ3) is 18.3. The van der Waals surface area contributed by atoms with Crippen LogP contribution in [-0.2, 0) is 40.0 Å². The number of carboxylic acid groups (broad SMARTS) is 3. The number of carbonyl (C=O) groups is 8. The third-order valence-corrected chi connectivity index (χ3v) is 11.1. The average Bonchev–Trinajstić information content (AvgIpc) is 3.24. The zero-order valence-electron chi connectivity index (χ0n) is 34.9. The maximum atomic E-state index is 13.6. The monoisotopic (exact) mass is 848 g/mol. The van der Waals surface area contributed by atoms with E-state index in [0.29, 0.717) is 57.9 Å². The molecule has 0 heterocycles. The van der Waals surface area contributed by atoms with Crippen molar-refractivity contribution in [3.63, 3.8) is 0 Å². The summed E-state index contributed by atoms with van der Waals surface area (Å²) in [5.41, 5.74) is 0.845. The van der Waals surface area contributed by atoms with E-state index in [4.69, 9.17) is 13.1 Å². The summed E-state index contributed by atoms with van der Waals surface area (Å²) in [4.78, 5) is 98.0. The molecule has 9 N–H and O–H groups in total. The third-order valence-electron chi connectivity index (χ3n) is 11.1. The first kappa shape index (κ1) is 49.8. The van der Waals surface area contributed by atoms with Gasteiger partial charge in [0.1, 0.15) is 23.9 Å². The Morgan fingerprint density at radius 3 is 1.93 bits per heavy atom. The molecule has 2 aromatic carbocycles. The van der Waals surface area contributed by atoms with Crippen LogP contribution in [0.25, 0.3) is 10.8 Å². The smallest absolute Gasteiger partial charge is 0.326 e. The van der Waals surface area contributed by atoms with E-state index in [-0.39, 0.29) is 61.7 Å². The van der Waals surface area contributed by atoms with Crippen molar-refractivity contribution in [1.82, 2.24) is 31.8 Å². The molecule has 332 valence electrons. The van der Waals surface area contributed by atoms with E-state index in [1.165, 1.54) is 0 Å². The lowest BCUT2D eigenvalue weighted by Gasteiger charge is -2.29. The van der Waals surface area contributed by atoms with Gasteiger partial charge in [0.15, 0.2) is 7.98 Å². The summed E-state index contributed by atoms with van der Waals surface area (Å²) in [6.07, 6.45) is 6.51. The minimum Gasteiger partial charge on any atom is -0.481 e. The van der Waals surface area contributed by atoms with Crippen molar-refractivity contribution in [1.29, 1.82) is 0 Å². The fourth-order valence-electron chi connectivity index (χ4n) is 7.36. The summed E-state index contributed by atoms with van der Waals surface area (Å²) in [6.45, 7) is 2.45. The van der Waals surface area contributed by atoms with Gasteiger partial charge < -0.3 is 47.1 Å². The molecule has 5 amide bonds. The van der Waals surface area contributed by atoms with E-state index in [0.717, 1.165) is 35.6 Å². The SMILES string of the molecule is [B]NC(CCCCCC(=O)CC)C(=O)NCC1CCC(C(=O)NC(Cc2ccc3ccccc3c2)C(=O)NCCCCC(NC(=O)NC(CCC(=O)O)C(=O)O)C(=O)O)CC1. The number of rotatable bonds is 28. The average molecular weight is 849 g/mol. The van der Waals surface area contributed by atoms with Gasteiger partial charge in [-0.1, -0.05) is 62.2 Å². The Morgan fingerprint density at radius 2 is 1.30 bits per heavy atom. The molecule has 18 heteroatoms. The van der Waals surface area contributed by atoms with Gasteiger partial charge in [-0.15, -0.1) is 0 Å². The van der Waals surface area contributed by atoms with Crippen molar-refractivity contribution in [3.05, 3.63) is 48.0 Å². The standard InChI is InChI=1S/C43H61BN6O11/c1-2-32(51)12-4-3-5-13-33(50-44)39(55)46-26-27-15-19-30(20-16-27)38(54)47-36(25-28-17-18-29-10-6-7-11-31(29)24-28)40(56)45-23-9-8-14-34(41(57)58)48-43(61)49-35(42(59)60)21-22-37(52)53/h6-7,10-11,17-18,24,27,30,33-36,50H,2-5,8-9,12-16,19-23,25-26H2,1H3,(H,45,56)(H,46,55)(H,47,54)(H,52,53)(H,57,58)(H,59,60)(H2,48,49,61). The van der Waals surface area contributed by atoms with Crippen LogP contribution in [0.5, 0.6) is 0 Å². The highest BCUT2D eigenvalue weighted by atomic mass is 16.4. The van der Waals surface area contributed by atoms with Crippen LogP contribution in [0.1, 0.15) is 109 Å². The molecular weight excluding hydrogens is 787 g/mol. The number of carboxylic acids is 3. The Balaban J connectivity index is 1.51. The number of ketones is 1. The van der Waals surface area contributed by atoms with Gasteiger partial charge in [-0.05, 0) is 86.5 Å². The highest BCUT2D eigenvalue weighted by Gasteiger charge is 2.31. The minimum atomic E-state index is -1.53. The van der Waals surface area contributed by atoms with Crippen molar-refractivity contribution in [3.8, 4) is 0 Å². The second kappa shape index (κ2) is 26.6. The first-order chi connectivity index (χ1) is 29.2. The van der Waals surface area contributed by atoms with Crippen LogP contribution >= 0.6 is 0 Å². The number of hydrogen-bond donors (Lipinski definition) is 9. The van der Waals surface area contributed by atoms with Crippen LogP contribution in [0.3, 0.4) is 0 Å². The van der Waals surface area contributed by atoms with E-state index in [9.17, 15) is 48.6 Å². The molecule has 1 aliphatic carbocycles. The molecule has 3 rings (SSSR count). The molecule has 2 radical (unpaired) electrons. The number of fused-ring (bicyclic) bond motifs is 1. The Kier molecular flexibility index (Phi) is 21.8. The highest BCUT2D eigenvalue weighted by molar-refractivity contribution is 6.06. The summed E-state index contributed by atoms with van der Waals surface area (Å²) >= 11 is 0. The molecule has 0 bridgehead atoms. The molecule has 1 aliphatic rings. The summed E-state index contributed by atoms with van der Waals surface area (Å²) in [7, 11) is 5.66. The largest absolute Gasteiger partial charge is 0.481 e. The predicted octanol–water partition coefficient (Wildman–Crippen LogP) is 3.12. The molecule has 0 saturated heterocycles. The van der Waals surface area contributed by atoms with E-state index >= 15 is 0 Å². The van der Waals surface area contributed by atoms with Gasteiger partial charge in [0.25, 0.3) is 0 Å². The minimum absolute atomic E-state index is 0.0389. The number of aliphatic carboxylic acids is 3. The number of benzene rings is 2. The molecule has 61 heavy (non-hydrogen) atoms. The molecule has 1 saturated carbocycles. The Morgan fingerprint density at radius 1 is 0.672 bits per heavy atom. The zero-order chi connectivity index (χ0) is 44.7. The fraction of sp³-hybridized carbons (Fsp3) is 0.581. The van der Waals surface area contributed by atoms with Gasteiger partial charge in [-0.25, -0.2) is 14.4 Å². The van der Waals surface area contributed by atoms with Crippen molar-refractivity contribution in [2.45, 2.75) is 134 Å². The molecule has 17 nitrogen and oxygen atoms in total. The van der Waals surface area contributed by atoms with Gasteiger partial charge in [0, 0.05) is 44.7 Å². The van der Waals surface area contributed by atoms with Gasteiger partial charge in [0.2, 0.25) is 17.7 Å². The number of hydrogen-bond acceptors (Lipinski definition) is 9. The van der Waals surface area contributed by atoms with Crippen molar-refractivity contribution < 1.29 is 53.7 Å². The molecule has 0 spiro atoms. The Labute approximate surface area is 357 Å². The van der Waals surface area contributed by atoms with Crippen LogP contribution in [-0.4, -0.2) is 108 Å². The van der Waals surface area contributed by atoms with E-state index in [1.54, 1.807) is 0 Å². The maximum Gasteiger partial charge on any atom is 0.326 e. The quantitative estimate of drug-likeness (QED) is 0.0442. The van der Waals surface area contributed by atoms with Gasteiger partial charge >= 0.3 is 23.9 Å². The second-order valence-corrected chi connectivity index (χ2v) is 15.7. The Bertz CT molecular complexity index is 1800. The van der Waals surface area contributed by atoms with Crippen LogP contribution in [0.4, 0.5) is 4.79 Å². The van der Waals surface area contributed by atoms with Crippen LogP contribution in [0, 0.1) is 11.8 Å².